The minimum atomic E-state index is 0.622. The van der Waals surface area contributed by atoms with E-state index in [1.807, 2.05) is 36.0 Å². The fraction of sp³-hybridized carbons (Fsp3) is 0.444. The number of halogens is 1. The van der Waals surface area contributed by atoms with Gasteiger partial charge in [-0.05, 0) is 50.5 Å². The van der Waals surface area contributed by atoms with Crippen LogP contribution in [-0.4, -0.2) is 28.8 Å². The van der Waals surface area contributed by atoms with Crippen LogP contribution in [0.4, 0.5) is 0 Å². The molecule has 2 rings (SSSR count). The lowest BCUT2D eigenvalue weighted by atomic mass is 10.1. The number of hydrogen-bond acceptors (Lipinski definition) is 2. The predicted molar refractivity (Wildman–Crippen MR) is 101 cm³/mol. The topological polar surface area (TPSA) is 54.2 Å². The summed E-state index contributed by atoms with van der Waals surface area (Å²) in [6.07, 6.45) is 0.927. The molecule has 0 atom stereocenters. The minimum absolute atomic E-state index is 0.622. The SMILES string of the molecule is CCNC(=NCc1ccc(Cl)cc1)NCCc1c(C)nn(C)c1C. The van der Waals surface area contributed by atoms with Gasteiger partial charge in [-0.1, -0.05) is 23.7 Å². The lowest BCUT2D eigenvalue weighted by Crippen LogP contribution is -2.38. The average molecular weight is 348 g/mol. The maximum Gasteiger partial charge on any atom is 0.191 e. The van der Waals surface area contributed by atoms with E-state index in [2.05, 4.69) is 41.5 Å². The van der Waals surface area contributed by atoms with Gasteiger partial charge in [-0.15, -0.1) is 0 Å². The summed E-state index contributed by atoms with van der Waals surface area (Å²) < 4.78 is 1.94. The molecule has 2 aromatic rings. The molecule has 0 saturated carbocycles. The van der Waals surface area contributed by atoms with Gasteiger partial charge in [0.05, 0.1) is 12.2 Å². The van der Waals surface area contributed by atoms with Crippen molar-refractivity contribution < 1.29 is 0 Å². The Kier molecular flexibility index (Phi) is 6.67. The monoisotopic (exact) mass is 347 g/mol. The Morgan fingerprint density at radius 2 is 1.92 bits per heavy atom. The molecule has 0 amide bonds. The molecular formula is C18H26ClN5. The van der Waals surface area contributed by atoms with Crippen LogP contribution < -0.4 is 10.6 Å². The molecule has 1 aromatic carbocycles. The Labute approximate surface area is 149 Å². The van der Waals surface area contributed by atoms with Crippen molar-refractivity contribution in [2.45, 2.75) is 33.7 Å². The molecule has 0 saturated heterocycles. The van der Waals surface area contributed by atoms with Crippen LogP contribution in [0.2, 0.25) is 5.02 Å². The highest BCUT2D eigenvalue weighted by Gasteiger charge is 2.09. The van der Waals surface area contributed by atoms with Gasteiger partial charge < -0.3 is 10.6 Å². The van der Waals surface area contributed by atoms with Crippen LogP contribution in [0.3, 0.4) is 0 Å². The van der Waals surface area contributed by atoms with Gasteiger partial charge in [0.15, 0.2) is 5.96 Å². The number of nitrogens with one attached hydrogen (secondary N) is 2. The van der Waals surface area contributed by atoms with E-state index in [9.17, 15) is 0 Å². The molecule has 5 nitrogen and oxygen atoms in total. The highest BCUT2D eigenvalue weighted by Crippen LogP contribution is 2.12. The molecule has 0 aliphatic heterocycles. The number of benzene rings is 1. The van der Waals surface area contributed by atoms with Crippen LogP contribution in [-0.2, 0) is 20.0 Å². The third-order valence-corrected chi connectivity index (χ3v) is 4.26. The number of aryl methyl sites for hydroxylation is 2. The predicted octanol–water partition coefficient (Wildman–Crippen LogP) is 2.99. The van der Waals surface area contributed by atoms with E-state index in [4.69, 9.17) is 11.6 Å². The van der Waals surface area contributed by atoms with Gasteiger partial charge in [0.25, 0.3) is 0 Å². The average Bonchev–Trinajstić information content (AvgIpc) is 2.80. The summed E-state index contributed by atoms with van der Waals surface area (Å²) >= 11 is 5.91. The summed E-state index contributed by atoms with van der Waals surface area (Å²) in [4.78, 5) is 4.63. The van der Waals surface area contributed by atoms with Crippen molar-refractivity contribution >= 4 is 17.6 Å². The Morgan fingerprint density at radius 3 is 2.50 bits per heavy atom. The summed E-state index contributed by atoms with van der Waals surface area (Å²) in [6.45, 7) is 8.50. The van der Waals surface area contributed by atoms with E-state index in [1.165, 1.54) is 11.3 Å². The van der Waals surface area contributed by atoms with E-state index < -0.39 is 0 Å². The Balaban J connectivity index is 1.93. The first-order valence-corrected chi connectivity index (χ1v) is 8.64. The van der Waals surface area contributed by atoms with Crippen LogP contribution in [0.1, 0.15) is 29.4 Å². The molecule has 0 fully saturated rings. The Morgan fingerprint density at radius 1 is 1.21 bits per heavy atom. The van der Waals surface area contributed by atoms with Gasteiger partial charge in [0.2, 0.25) is 0 Å². The summed E-state index contributed by atoms with van der Waals surface area (Å²) in [5, 5.41) is 11.9. The van der Waals surface area contributed by atoms with Crippen molar-refractivity contribution in [1.29, 1.82) is 0 Å². The van der Waals surface area contributed by atoms with Gasteiger partial charge in [0.1, 0.15) is 0 Å². The van der Waals surface area contributed by atoms with Crippen LogP contribution in [0.25, 0.3) is 0 Å². The number of guanidine groups is 1. The van der Waals surface area contributed by atoms with Crippen LogP contribution in [0.5, 0.6) is 0 Å². The summed E-state index contributed by atoms with van der Waals surface area (Å²) in [6, 6.07) is 7.77. The molecular weight excluding hydrogens is 322 g/mol. The second-order valence-electron chi connectivity index (χ2n) is 5.77. The first kappa shape index (κ1) is 18.3. The van der Waals surface area contributed by atoms with Crippen molar-refractivity contribution in [2.24, 2.45) is 12.0 Å². The van der Waals surface area contributed by atoms with Crippen LogP contribution in [0.15, 0.2) is 29.3 Å². The number of rotatable bonds is 6. The van der Waals surface area contributed by atoms with Crippen molar-refractivity contribution in [2.75, 3.05) is 13.1 Å². The fourth-order valence-corrected chi connectivity index (χ4v) is 2.71. The molecule has 130 valence electrons. The first-order valence-electron chi connectivity index (χ1n) is 8.27. The zero-order valence-corrected chi connectivity index (χ0v) is 15.6. The lowest BCUT2D eigenvalue weighted by molar-refractivity contribution is 0.729. The highest BCUT2D eigenvalue weighted by molar-refractivity contribution is 6.30. The number of nitrogens with zero attached hydrogens (tertiary/aromatic N) is 3. The second-order valence-corrected chi connectivity index (χ2v) is 6.21. The number of aromatic nitrogens is 2. The Hall–Kier alpha value is -2.01. The first-order chi connectivity index (χ1) is 11.5. The molecule has 6 heteroatoms. The molecule has 0 spiro atoms. The van der Waals surface area contributed by atoms with Crippen molar-refractivity contribution in [3.8, 4) is 0 Å². The molecule has 1 heterocycles. The van der Waals surface area contributed by atoms with Crippen LogP contribution >= 0.6 is 11.6 Å². The van der Waals surface area contributed by atoms with Gasteiger partial charge in [0, 0.05) is 30.9 Å². The van der Waals surface area contributed by atoms with Gasteiger partial charge in [-0.25, -0.2) is 4.99 Å². The smallest absolute Gasteiger partial charge is 0.191 e. The molecule has 2 N–H and O–H groups in total. The third-order valence-electron chi connectivity index (χ3n) is 4.00. The number of aliphatic imine (C=N–C) groups is 1. The normalized spacial score (nSPS) is 11.6. The largest absolute Gasteiger partial charge is 0.357 e. The zero-order chi connectivity index (χ0) is 17.5. The quantitative estimate of drug-likeness (QED) is 0.624. The molecule has 0 aliphatic carbocycles. The molecule has 0 radical (unpaired) electrons. The van der Waals surface area contributed by atoms with E-state index in [0.717, 1.165) is 41.7 Å². The van der Waals surface area contributed by atoms with E-state index in [0.29, 0.717) is 6.54 Å². The van der Waals surface area contributed by atoms with Crippen molar-refractivity contribution in [3.05, 3.63) is 51.8 Å². The summed E-state index contributed by atoms with van der Waals surface area (Å²) in [5.74, 6) is 0.826. The molecule has 24 heavy (non-hydrogen) atoms. The molecule has 0 unspecified atom stereocenters. The highest BCUT2D eigenvalue weighted by atomic mass is 35.5. The Bertz CT molecular complexity index is 688. The van der Waals surface area contributed by atoms with Gasteiger partial charge in [-0.3, -0.25) is 4.68 Å². The van der Waals surface area contributed by atoms with Crippen molar-refractivity contribution in [1.82, 2.24) is 20.4 Å². The van der Waals surface area contributed by atoms with E-state index in [1.54, 1.807) is 0 Å². The summed E-state index contributed by atoms with van der Waals surface area (Å²) in [7, 11) is 1.98. The molecule has 0 bridgehead atoms. The molecule has 1 aromatic heterocycles. The summed E-state index contributed by atoms with van der Waals surface area (Å²) in [5.41, 5.74) is 4.76. The lowest BCUT2D eigenvalue weighted by Gasteiger charge is -2.11. The van der Waals surface area contributed by atoms with E-state index in [-0.39, 0.29) is 0 Å². The zero-order valence-electron chi connectivity index (χ0n) is 14.9. The number of hydrogen-bond donors (Lipinski definition) is 2. The van der Waals surface area contributed by atoms with E-state index >= 15 is 0 Å². The fourth-order valence-electron chi connectivity index (χ4n) is 2.59. The minimum Gasteiger partial charge on any atom is -0.357 e. The second kappa shape index (κ2) is 8.73. The van der Waals surface area contributed by atoms with Crippen molar-refractivity contribution in [3.63, 3.8) is 0 Å². The standard InChI is InChI=1S/C18H26ClN5/c1-5-20-18(22-12-15-6-8-16(19)9-7-15)21-11-10-17-13(2)23-24(4)14(17)3/h6-9H,5,10-12H2,1-4H3,(H2,20,21,22). The van der Waals surface area contributed by atoms with Gasteiger partial charge >= 0.3 is 0 Å². The van der Waals surface area contributed by atoms with Crippen LogP contribution in [0, 0.1) is 13.8 Å². The maximum atomic E-state index is 5.91. The van der Waals surface area contributed by atoms with Gasteiger partial charge in [-0.2, -0.15) is 5.10 Å². The molecule has 0 aliphatic rings. The third kappa shape index (κ3) is 4.99. The maximum absolute atomic E-state index is 5.91.